The molecule has 0 bridgehead atoms. The first-order valence-corrected chi connectivity index (χ1v) is 7.63. The topological polar surface area (TPSA) is 15.3 Å². The number of nitrogens with one attached hydrogen (secondary N) is 1. The lowest BCUT2D eigenvalue weighted by Crippen LogP contribution is -2.45. The molecule has 0 aromatic heterocycles. The van der Waals surface area contributed by atoms with E-state index in [4.69, 9.17) is 11.6 Å². The molecule has 2 nitrogen and oxygen atoms in total. The second-order valence-corrected chi connectivity index (χ2v) is 8.01. The van der Waals surface area contributed by atoms with Gasteiger partial charge in [-0.25, -0.2) is 0 Å². The number of benzene rings is 1. The highest BCUT2D eigenvalue weighted by Gasteiger charge is 2.22. The van der Waals surface area contributed by atoms with Gasteiger partial charge in [0.15, 0.2) is 0 Å². The van der Waals surface area contributed by atoms with E-state index >= 15 is 0 Å². The van der Waals surface area contributed by atoms with E-state index in [-0.39, 0.29) is 11.0 Å². The van der Waals surface area contributed by atoms with Gasteiger partial charge in [-0.1, -0.05) is 37.6 Å². The lowest BCUT2D eigenvalue weighted by atomic mass is 9.91. The van der Waals surface area contributed by atoms with Crippen molar-refractivity contribution in [2.45, 2.75) is 46.7 Å². The van der Waals surface area contributed by atoms with Crippen LogP contribution in [-0.2, 0) is 6.54 Å². The average Bonchev–Trinajstić information content (AvgIpc) is 2.24. The van der Waals surface area contributed by atoms with Crippen molar-refractivity contribution in [3.8, 4) is 0 Å². The van der Waals surface area contributed by atoms with E-state index in [1.54, 1.807) is 0 Å². The first-order chi connectivity index (χ1) is 9.07. The molecule has 0 aliphatic heterocycles. The zero-order chi connectivity index (χ0) is 15.4. The molecule has 0 saturated heterocycles. The molecule has 0 heterocycles. The van der Waals surface area contributed by atoms with Gasteiger partial charge in [0.05, 0.1) is 0 Å². The zero-order valence-corrected chi connectivity index (χ0v) is 14.5. The summed E-state index contributed by atoms with van der Waals surface area (Å²) >= 11 is 6.03. The third kappa shape index (κ3) is 7.28. The molecule has 0 unspecified atom stereocenters. The van der Waals surface area contributed by atoms with Crippen LogP contribution in [0.25, 0.3) is 0 Å². The van der Waals surface area contributed by atoms with Crippen LogP contribution in [0, 0.1) is 5.41 Å². The Labute approximate surface area is 129 Å². The van der Waals surface area contributed by atoms with Crippen molar-refractivity contribution in [1.82, 2.24) is 10.2 Å². The highest BCUT2D eigenvalue weighted by Crippen LogP contribution is 2.19. The molecule has 1 aromatic carbocycles. The summed E-state index contributed by atoms with van der Waals surface area (Å²) in [6, 6.07) is 8.10. The standard InChI is InChI=1S/C17H29ClN2/c1-16(2,3)19-12-17(4,5)13-20(6)11-14-8-7-9-15(18)10-14/h7-10,19H,11-13H2,1-6H3. The van der Waals surface area contributed by atoms with Crippen LogP contribution in [-0.4, -0.2) is 30.6 Å². The Balaban J connectivity index is 2.50. The number of hydrogen-bond donors (Lipinski definition) is 1. The minimum absolute atomic E-state index is 0.169. The average molecular weight is 297 g/mol. The Morgan fingerprint density at radius 1 is 1.15 bits per heavy atom. The van der Waals surface area contributed by atoms with E-state index in [1.807, 2.05) is 18.2 Å². The van der Waals surface area contributed by atoms with Crippen LogP contribution < -0.4 is 5.32 Å². The summed E-state index contributed by atoms with van der Waals surface area (Å²) < 4.78 is 0. The molecule has 0 radical (unpaired) electrons. The van der Waals surface area contributed by atoms with Crippen molar-refractivity contribution >= 4 is 11.6 Å². The lowest BCUT2D eigenvalue weighted by Gasteiger charge is -2.34. The largest absolute Gasteiger partial charge is 0.311 e. The van der Waals surface area contributed by atoms with Gasteiger partial charge in [-0.3, -0.25) is 0 Å². The van der Waals surface area contributed by atoms with Gasteiger partial charge in [0.2, 0.25) is 0 Å². The second kappa shape index (κ2) is 6.93. The Morgan fingerprint density at radius 2 is 1.80 bits per heavy atom. The summed E-state index contributed by atoms with van der Waals surface area (Å²) in [5.74, 6) is 0. The van der Waals surface area contributed by atoms with Crippen molar-refractivity contribution < 1.29 is 0 Å². The van der Waals surface area contributed by atoms with Crippen LogP contribution in [0.15, 0.2) is 24.3 Å². The van der Waals surface area contributed by atoms with Crippen molar-refractivity contribution in [3.63, 3.8) is 0 Å². The normalized spacial score (nSPS) is 13.0. The summed E-state index contributed by atoms with van der Waals surface area (Å²) in [4.78, 5) is 2.36. The molecule has 0 saturated carbocycles. The molecular weight excluding hydrogens is 268 g/mol. The van der Waals surface area contributed by atoms with Crippen LogP contribution in [0.2, 0.25) is 5.02 Å². The van der Waals surface area contributed by atoms with E-state index < -0.39 is 0 Å². The first-order valence-electron chi connectivity index (χ1n) is 7.25. The molecule has 0 spiro atoms. The zero-order valence-electron chi connectivity index (χ0n) is 13.8. The van der Waals surface area contributed by atoms with Gasteiger partial charge in [0.25, 0.3) is 0 Å². The fourth-order valence-electron chi connectivity index (χ4n) is 2.29. The highest BCUT2D eigenvalue weighted by molar-refractivity contribution is 6.30. The quantitative estimate of drug-likeness (QED) is 0.847. The maximum absolute atomic E-state index is 6.03. The molecule has 0 atom stereocenters. The predicted molar refractivity (Wildman–Crippen MR) is 89.3 cm³/mol. The van der Waals surface area contributed by atoms with Gasteiger partial charge in [0.1, 0.15) is 0 Å². The second-order valence-electron chi connectivity index (χ2n) is 7.57. The van der Waals surface area contributed by atoms with Crippen molar-refractivity contribution in [2.24, 2.45) is 5.41 Å². The molecule has 3 heteroatoms. The third-order valence-corrected chi connectivity index (χ3v) is 3.37. The maximum Gasteiger partial charge on any atom is 0.0409 e. The summed E-state index contributed by atoms with van der Waals surface area (Å²) in [5.41, 5.74) is 1.67. The molecular formula is C17H29ClN2. The van der Waals surface area contributed by atoms with Gasteiger partial charge < -0.3 is 10.2 Å². The minimum atomic E-state index is 0.169. The van der Waals surface area contributed by atoms with Crippen molar-refractivity contribution in [3.05, 3.63) is 34.9 Å². The number of nitrogens with zero attached hydrogens (tertiary/aromatic N) is 1. The highest BCUT2D eigenvalue weighted by atomic mass is 35.5. The van der Waals surface area contributed by atoms with Crippen molar-refractivity contribution in [2.75, 3.05) is 20.1 Å². The number of halogens is 1. The summed E-state index contributed by atoms with van der Waals surface area (Å²) in [6.07, 6.45) is 0. The molecule has 0 aliphatic rings. The monoisotopic (exact) mass is 296 g/mol. The van der Waals surface area contributed by atoms with Gasteiger partial charge in [-0.2, -0.15) is 0 Å². The van der Waals surface area contributed by atoms with Gasteiger partial charge >= 0.3 is 0 Å². The Hall–Kier alpha value is -0.570. The molecule has 1 rings (SSSR count). The summed E-state index contributed by atoms with van der Waals surface area (Å²) in [5, 5.41) is 4.40. The minimum Gasteiger partial charge on any atom is -0.311 e. The molecule has 0 aliphatic carbocycles. The summed E-state index contributed by atoms with van der Waals surface area (Å²) in [6.45, 7) is 14.2. The summed E-state index contributed by atoms with van der Waals surface area (Å²) in [7, 11) is 2.17. The predicted octanol–water partition coefficient (Wildman–Crippen LogP) is 4.19. The van der Waals surface area contributed by atoms with E-state index in [9.17, 15) is 0 Å². The Kier molecular flexibility index (Phi) is 6.06. The molecule has 1 N–H and O–H groups in total. The fourth-order valence-corrected chi connectivity index (χ4v) is 2.51. The maximum atomic E-state index is 6.03. The van der Waals surface area contributed by atoms with Crippen LogP contribution in [0.3, 0.4) is 0 Å². The SMILES string of the molecule is CN(Cc1cccc(Cl)c1)CC(C)(C)CNC(C)(C)C. The van der Waals surface area contributed by atoms with E-state index in [0.29, 0.717) is 0 Å². The number of hydrogen-bond acceptors (Lipinski definition) is 2. The van der Waals surface area contributed by atoms with Gasteiger partial charge in [-0.05, 0) is 50.9 Å². The van der Waals surface area contributed by atoms with E-state index in [0.717, 1.165) is 24.7 Å². The number of rotatable bonds is 6. The molecule has 114 valence electrons. The van der Waals surface area contributed by atoms with Gasteiger partial charge in [0, 0.05) is 30.2 Å². The Bertz CT molecular complexity index is 421. The van der Waals surface area contributed by atoms with Crippen LogP contribution in [0.4, 0.5) is 0 Å². The van der Waals surface area contributed by atoms with Crippen LogP contribution in [0.1, 0.15) is 40.2 Å². The van der Waals surface area contributed by atoms with E-state index in [2.05, 4.69) is 57.9 Å². The van der Waals surface area contributed by atoms with Gasteiger partial charge in [-0.15, -0.1) is 0 Å². The fraction of sp³-hybridized carbons (Fsp3) is 0.647. The first kappa shape index (κ1) is 17.5. The molecule has 20 heavy (non-hydrogen) atoms. The van der Waals surface area contributed by atoms with Crippen LogP contribution >= 0.6 is 11.6 Å². The third-order valence-electron chi connectivity index (χ3n) is 3.14. The van der Waals surface area contributed by atoms with Crippen LogP contribution in [0.5, 0.6) is 0 Å². The Morgan fingerprint density at radius 3 is 2.35 bits per heavy atom. The molecule has 0 fully saturated rings. The smallest absolute Gasteiger partial charge is 0.0409 e. The van der Waals surface area contributed by atoms with E-state index in [1.165, 1.54) is 5.56 Å². The molecule has 0 amide bonds. The lowest BCUT2D eigenvalue weighted by molar-refractivity contribution is 0.186. The molecule has 1 aromatic rings. The van der Waals surface area contributed by atoms with Crippen molar-refractivity contribution in [1.29, 1.82) is 0 Å².